The number of carboxylic acids is 1. The summed E-state index contributed by atoms with van der Waals surface area (Å²) in [7, 11) is 11.0. The van der Waals surface area contributed by atoms with E-state index in [-0.39, 0.29) is 143 Å². The first-order valence-corrected chi connectivity index (χ1v) is 45.3. The van der Waals surface area contributed by atoms with Gasteiger partial charge in [-0.3, -0.25) is 52.8 Å². The van der Waals surface area contributed by atoms with Crippen molar-refractivity contribution < 1.29 is 86.3 Å². The number of anilines is 1. The lowest BCUT2D eigenvalue weighted by molar-refractivity contribution is -0.148. The van der Waals surface area contributed by atoms with E-state index in [2.05, 4.69) is 70.7 Å². The van der Waals surface area contributed by atoms with E-state index in [0.29, 0.717) is 83.4 Å². The molecule has 35 heteroatoms. The quantitative estimate of drug-likeness (QED) is 0.0165. The van der Waals surface area contributed by atoms with Crippen molar-refractivity contribution in [3.8, 4) is 0 Å². The molecule has 7 rings (SSSR count). The smallest absolute Gasteiger partial charge is 0.409 e. The number of carboxylic acid groups (broad SMARTS) is 1. The Labute approximate surface area is 753 Å². The van der Waals surface area contributed by atoms with Crippen LogP contribution >= 0.6 is 11.3 Å². The highest BCUT2D eigenvalue weighted by Crippen LogP contribution is 2.32. The van der Waals surface area contributed by atoms with Crippen LogP contribution in [0.5, 0.6) is 0 Å². The third-order valence-electron chi connectivity index (χ3n) is 23.4. The molecular weight excluding hydrogens is 1650 g/mol. The van der Waals surface area contributed by atoms with E-state index in [0.717, 1.165) is 45.6 Å². The second kappa shape index (κ2) is 56.2. The molecule has 0 aliphatic carbocycles. The summed E-state index contributed by atoms with van der Waals surface area (Å²) in [5.74, 6) is -5.48. The fourth-order valence-corrected chi connectivity index (χ4v) is 17.0. The molecule has 706 valence electrons. The summed E-state index contributed by atoms with van der Waals surface area (Å²) < 4.78 is 30.2. The van der Waals surface area contributed by atoms with Gasteiger partial charge in [0.15, 0.2) is 0 Å². The first-order chi connectivity index (χ1) is 60.7. The third-order valence-corrected chi connectivity index (χ3v) is 24.3. The molecule has 2 aromatic heterocycles. The summed E-state index contributed by atoms with van der Waals surface area (Å²) in [6.45, 7) is 22.4. The molecule has 127 heavy (non-hydrogen) atoms. The molecule has 0 saturated carbocycles. The number of ether oxygens (including phenoxy) is 5. The maximum absolute atomic E-state index is 14.4. The van der Waals surface area contributed by atoms with Crippen LogP contribution in [0, 0.1) is 29.6 Å². The zero-order valence-corrected chi connectivity index (χ0v) is 78.5. The van der Waals surface area contributed by atoms with Gasteiger partial charge < -0.3 is 102 Å². The number of para-hydroxylation sites is 1. The molecule has 0 unspecified atom stereocenters. The lowest BCUT2D eigenvalue weighted by Crippen LogP contribution is -2.60. The van der Waals surface area contributed by atoms with Gasteiger partial charge in [-0.25, -0.2) is 14.6 Å². The first kappa shape index (κ1) is 107. The van der Waals surface area contributed by atoms with Gasteiger partial charge in [-0.05, 0) is 130 Å². The minimum absolute atomic E-state index is 0.00210. The number of likely N-dealkylation sites (N-methyl/N-ethyl adjacent to an activating group) is 2. The number of rotatable bonds is 50. The maximum Gasteiger partial charge on any atom is 0.409 e. The number of hydrogen-bond donors (Lipinski definition) is 10. The van der Waals surface area contributed by atoms with E-state index in [1.807, 2.05) is 132 Å². The van der Waals surface area contributed by atoms with Gasteiger partial charge >= 0.3 is 18.1 Å². The second-order valence-electron chi connectivity index (χ2n) is 33.2. The van der Waals surface area contributed by atoms with Gasteiger partial charge in [0.05, 0.1) is 82.6 Å². The molecule has 0 bridgehead atoms. The number of aromatic nitrogens is 2. The third kappa shape index (κ3) is 33.8. The van der Waals surface area contributed by atoms with Crippen molar-refractivity contribution in [3.05, 3.63) is 118 Å². The zero-order valence-electron chi connectivity index (χ0n) is 77.7. The van der Waals surface area contributed by atoms with Crippen LogP contribution in [0.3, 0.4) is 0 Å². The number of thiazole rings is 1. The maximum atomic E-state index is 14.4. The number of nitrogens with zero attached hydrogens (tertiary/aromatic N) is 7. The Balaban J connectivity index is 0.000000446. The number of likely N-dealkylation sites (tertiary alicyclic amines) is 2. The molecule has 0 radical (unpaired) electrons. The van der Waals surface area contributed by atoms with Crippen molar-refractivity contribution in [2.45, 2.75) is 233 Å². The molecule has 0 spiro atoms. The Morgan fingerprint density at radius 3 is 1.93 bits per heavy atom. The van der Waals surface area contributed by atoms with Gasteiger partial charge in [0.1, 0.15) is 29.2 Å². The Morgan fingerprint density at radius 2 is 1.34 bits per heavy atom. The number of hydrogen-bond acceptors (Lipinski definition) is 21. The number of methoxy groups -OCH3 is 3. The molecule has 12 amide bonds. The summed E-state index contributed by atoms with van der Waals surface area (Å²) in [5, 5.41) is 32.9. The number of urea groups is 1. The van der Waals surface area contributed by atoms with Gasteiger partial charge in [-0.2, -0.15) is 0 Å². The number of aryl methyl sites for hydroxylation is 2. The van der Waals surface area contributed by atoms with Crippen LogP contribution < -0.4 is 48.7 Å². The van der Waals surface area contributed by atoms with Crippen LogP contribution in [0.1, 0.15) is 174 Å². The van der Waals surface area contributed by atoms with Crippen molar-refractivity contribution in [2.24, 2.45) is 41.1 Å². The SMILES string of the molecule is CC[C@H](C)[C@@H]([C@@H](CC(=O)N1CCC[C@H]1[C@H](OC)[C@@H](C)C(=O)N[C@@H](Cc1ccccc1)c1nccs1)OC)N(C)C(=O)[C@@H](NC(=O)[C@H](C(C)C)N(C)C(=O)OC)C(C)C.CCc1ccc(NC(=O)[C@H](CCCNC(N)=O)NC(=O)[C@@H](NC(=O)CCC(=O)N(CCOCCOCCC(=O)O)C2CCN(C(=O)CCn3c(CNC)cc4ccccc43)CC2)C(C)C)cc1.CN. The highest BCUT2D eigenvalue weighted by atomic mass is 32.1. The summed E-state index contributed by atoms with van der Waals surface area (Å²) in [6, 6.07) is 21.6. The van der Waals surface area contributed by atoms with Crippen molar-refractivity contribution in [3.63, 3.8) is 0 Å². The fourth-order valence-electron chi connectivity index (χ4n) is 16.3. The highest BCUT2D eigenvalue weighted by Gasteiger charge is 2.45. The van der Waals surface area contributed by atoms with E-state index < -0.39 is 90.1 Å². The highest BCUT2D eigenvalue weighted by molar-refractivity contribution is 7.09. The Bertz CT molecular complexity index is 4230. The van der Waals surface area contributed by atoms with E-state index in [1.165, 1.54) is 37.4 Å². The lowest BCUT2D eigenvalue weighted by atomic mass is 9.89. The minimum Gasteiger partial charge on any atom is -0.481 e. The number of nitrogens with two attached hydrogens (primary N) is 2. The van der Waals surface area contributed by atoms with Crippen LogP contribution in [0.25, 0.3) is 10.9 Å². The molecule has 2 aliphatic heterocycles. The van der Waals surface area contributed by atoms with Gasteiger partial charge in [0.25, 0.3) is 0 Å². The second-order valence-corrected chi connectivity index (χ2v) is 34.2. The average Bonchev–Trinajstić information content (AvgIpc) is 1.70. The van der Waals surface area contributed by atoms with Gasteiger partial charge in [0.2, 0.25) is 53.2 Å². The zero-order chi connectivity index (χ0) is 94.0. The average molecular weight is 1790 g/mol. The van der Waals surface area contributed by atoms with E-state index in [4.69, 9.17) is 34.5 Å². The predicted octanol–water partition coefficient (Wildman–Crippen LogP) is 8.04. The number of primary amides is 1. The Hall–Kier alpha value is -10.2. The number of carbonyl (C=O) groups excluding carboxylic acids is 11. The molecular formula is C92H144N16O18S. The van der Waals surface area contributed by atoms with E-state index in [1.54, 1.807) is 63.2 Å². The van der Waals surface area contributed by atoms with E-state index in [9.17, 15) is 57.5 Å². The summed E-state index contributed by atoms with van der Waals surface area (Å²) in [5.41, 5.74) is 14.6. The molecule has 4 heterocycles. The molecule has 34 nitrogen and oxygen atoms in total. The van der Waals surface area contributed by atoms with E-state index >= 15 is 0 Å². The van der Waals surface area contributed by atoms with Gasteiger partial charge in [-0.15, -0.1) is 11.3 Å². The summed E-state index contributed by atoms with van der Waals surface area (Å²) in [4.78, 5) is 172. The number of nitrogens with one attached hydrogen (secondary N) is 7. The Morgan fingerprint density at radius 1 is 0.677 bits per heavy atom. The Kier molecular flexibility index (Phi) is 47.5. The van der Waals surface area contributed by atoms with Crippen molar-refractivity contribution in [1.82, 2.24) is 66.0 Å². The van der Waals surface area contributed by atoms with Crippen LogP contribution in [-0.4, -0.2) is 274 Å². The molecule has 5 aromatic rings. The number of piperidine rings is 1. The van der Waals surface area contributed by atoms with Crippen LogP contribution in [-0.2, 0) is 97.6 Å². The minimum atomic E-state index is -1.03. The van der Waals surface area contributed by atoms with Crippen LogP contribution in [0.2, 0.25) is 0 Å². The molecule has 2 saturated heterocycles. The number of carbonyl (C=O) groups is 12. The topological polar surface area (TPSA) is 441 Å². The number of benzene rings is 3. The molecule has 3 aromatic carbocycles. The summed E-state index contributed by atoms with van der Waals surface area (Å²) in [6.07, 6.45) is 4.79. The normalized spacial score (nSPS) is 15.7. The standard InChI is InChI=1S/C48H71N9O10.C43H68N6O8S.CH5N/c1-5-34-12-14-36(15-13-34)52-46(63)39(10-8-22-51-48(49)65)53-47(64)45(33(2)3)54-41(58)16-17-43(60)57(26-28-67-30-29-66-27-21-44(61)62)37-18-23-55(24-19-37)42(59)20-25-56-38(32-50-4)31-35-9-6-7-11-40(35)56;1-13-28(6)37(47(8)42(53)35(26(2)3)46-40(52)36(27(4)5)48(9)43(54)57-12)33(55-10)25-34(50)49-22-17-20-32(49)38(56-11)29(7)39(51)45-31(41-44-21-23-58-41)24-30-18-15-14-16-19-30;1-2/h6-7,9,11-15,31,33,37,39,45,50H,5,8,10,16-30,32H2,1-4H3,(H,52,63)(H,53,64)(H,54,58)(H,61,62)(H3,49,51,65);14-16,18-19,21,23,26-29,31-33,35-38H,13,17,20,22,24-25H2,1-12H3,(H,45,51)(H,46,52);2H2,1H3/t39-,45-;28-,29+,31-,32-,33+,35-,36-,37-,38+;/m00./s1. The number of aliphatic carboxylic acids is 1. The van der Waals surface area contributed by atoms with Crippen LogP contribution in [0.4, 0.5) is 15.3 Å². The summed E-state index contributed by atoms with van der Waals surface area (Å²) >= 11 is 1.49. The predicted molar refractivity (Wildman–Crippen MR) is 489 cm³/mol. The monoisotopic (exact) mass is 1790 g/mol. The van der Waals surface area contributed by atoms with Gasteiger partial charge in [-0.1, -0.05) is 136 Å². The van der Waals surface area contributed by atoms with Crippen molar-refractivity contribution >= 4 is 99.2 Å². The van der Waals surface area contributed by atoms with Crippen molar-refractivity contribution in [1.29, 1.82) is 0 Å². The lowest BCUT2D eigenvalue weighted by Gasteiger charge is -2.41. The largest absolute Gasteiger partial charge is 0.481 e. The number of amides is 12. The van der Waals surface area contributed by atoms with Crippen LogP contribution in [0.15, 0.2) is 96.5 Å². The van der Waals surface area contributed by atoms with Crippen molar-refractivity contribution in [2.75, 3.05) is 114 Å². The molecule has 2 fully saturated rings. The van der Waals surface area contributed by atoms with Gasteiger partial charge in [0, 0.05) is 128 Å². The molecule has 12 N–H and O–H groups in total. The molecule has 2 aliphatic rings. The fraction of sp³-hybridized carbons (Fsp3) is 0.620. The number of fused-ring (bicyclic) bond motifs is 1. The molecule has 11 atom stereocenters. The first-order valence-electron chi connectivity index (χ1n) is 44.5.